The summed E-state index contributed by atoms with van der Waals surface area (Å²) in [4.78, 5) is 23.9. The summed E-state index contributed by atoms with van der Waals surface area (Å²) in [7, 11) is 2.55. The first-order valence-electron chi connectivity index (χ1n) is 19.5. The van der Waals surface area contributed by atoms with Gasteiger partial charge in [0.2, 0.25) is 0 Å². The average Bonchev–Trinajstić information content (AvgIpc) is 3.09. The summed E-state index contributed by atoms with van der Waals surface area (Å²) in [5.41, 5.74) is 5.56. The maximum Gasteiger partial charge on any atom is 0.252 e. The molecular weight excluding hydrogens is 589 g/mol. The van der Waals surface area contributed by atoms with E-state index in [-0.39, 0.29) is 16.9 Å². The van der Waals surface area contributed by atoms with Crippen molar-refractivity contribution in [2.75, 3.05) is 20.1 Å². The van der Waals surface area contributed by atoms with E-state index in [9.17, 15) is 4.79 Å². The second-order valence-corrected chi connectivity index (χ2v) is 19.5. The molecular formula is C43H67N4O+. The van der Waals surface area contributed by atoms with Crippen molar-refractivity contribution in [3.05, 3.63) is 48.0 Å². The number of aromatic nitrogens is 2. The van der Waals surface area contributed by atoms with Gasteiger partial charge >= 0.3 is 0 Å². The first-order valence-corrected chi connectivity index (χ1v) is 19.5. The third-order valence-electron chi connectivity index (χ3n) is 15.9. The lowest BCUT2D eigenvalue weighted by Gasteiger charge is -2.62. The molecule has 5 heteroatoms. The van der Waals surface area contributed by atoms with Crippen LogP contribution in [-0.4, -0.2) is 51.6 Å². The van der Waals surface area contributed by atoms with E-state index >= 15 is 0 Å². The second-order valence-electron chi connectivity index (χ2n) is 19.5. The van der Waals surface area contributed by atoms with Crippen molar-refractivity contribution in [1.82, 2.24) is 15.3 Å². The van der Waals surface area contributed by atoms with Crippen molar-refractivity contribution in [2.45, 2.75) is 162 Å². The lowest BCUT2D eigenvalue weighted by atomic mass is 9.45. The van der Waals surface area contributed by atoms with E-state index in [4.69, 9.17) is 4.98 Å². The van der Waals surface area contributed by atoms with Crippen LogP contribution >= 0.6 is 0 Å². The highest BCUT2D eigenvalue weighted by molar-refractivity contribution is 6.00. The maximum atomic E-state index is 14.4. The highest BCUT2D eigenvalue weighted by Crippen LogP contribution is 2.67. The number of piperidine rings is 1. The fourth-order valence-electron chi connectivity index (χ4n) is 11.5. The smallest absolute Gasteiger partial charge is 0.252 e. The van der Waals surface area contributed by atoms with Crippen molar-refractivity contribution < 1.29 is 9.28 Å². The molecule has 5 aliphatic rings. The van der Waals surface area contributed by atoms with Crippen LogP contribution in [0.3, 0.4) is 0 Å². The highest BCUT2D eigenvalue weighted by Gasteiger charge is 2.58. The molecule has 2 saturated heterocycles. The molecule has 7 rings (SSSR count). The standard InChI is InChI=1S/C43H66N4O/c1-10-47(9)42(7)17-11-14-32(16-20-43(47,8)19-13-18-42)36-26-34(35(28-45-36)33-15-12-25-44-27-33)37(48)46-31-39(4)22-21-38(2,3)41(6)29-40(5,30-41)24-23-39/h12,15,25-28,32H,10-11,13-14,16-24,29-31H2,1-9H3/p+1. The summed E-state index contributed by atoms with van der Waals surface area (Å²) < 4.78 is 1.18. The van der Waals surface area contributed by atoms with Crippen LogP contribution in [-0.2, 0) is 0 Å². The van der Waals surface area contributed by atoms with E-state index in [1.165, 1.54) is 81.7 Å². The number of amides is 1. The molecule has 5 unspecified atom stereocenters. The summed E-state index contributed by atoms with van der Waals surface area (Å²) in [6, 6.07) is 6.17. The molecule has 2 aliphatic heterocycles. The monoisotopic (exact) mass is 656 g/mol. The van der Waals surface area contributed by atoms with Gasteiger partial charge in [-0.05, 0) is 119 Å². The fourth-order valence-corrected chi connectivity index (χ4v) is 11.5. The van der Waals surface area contributed by atoms with Crippen LogP contribution in [0.5, 0.6) is 0 Å². The summed E-state index contributed by atoms with van der Waals surface area (Å²) in [5, 5.41) is 3.50. The van der Waals surface area contributed by atoms with Crippen LogP contribution in [0.1, 0.15) is 167 Å². The van der Waals surface area contributed by atoms with Crippen LogP contribution in [0.2, 0.25) is 0 Å². The molecule has 0 spiro atoms. The van der Waals surface area contributed by atoms with Gasteiger partial charge in [0.05, 0.1) is 30.2 Å². The molecule has 4 heterocycles. The number of hydrogen-bond donors (Lipinski definition) is 1. The van der Waals surface area contributed by atoms with Gasteiger partial charge in [0.1, 0.15) is 0 Å². The maximum absolute atomic E-state index is 14.4. The lowest BCUT2D eigenvalue weighted by molar-refractivity contribution is -1.01. The van der Waals surface area contributed by atoms with Crippen molar-refractivity contribution in [1.29, 1.82) is 0 Å². The largest absolute Gasteiger partial charge is 0.351 e. The molecule has 5 nitrogen and oxygen atoms in total. The van der Waals surface area contributed by atoms with E-state index in [2.05, 4.69) is 84.9 Å². The van der Waals surface area contributed by atoms with E-state index in [1.54, 1.807) is 6.20 Å². The van der Waals surface area contributed by atoms with Crippen LogP contribution in [0.15, 0.2) is 36.8 Å². The molecule has 4 bridgehead atoms. The van der Waals surface area contributed by atoms with E-state index < -0.39 is 0 Å². The Labute approximate surface area is 293 Å². The van der Waals surface area contributed by atoms with Gasteiger partial charge in [0.25, 0.3) is 5.91 Å². The predicted molar refractivity (Wildman–Crippen MR) is 199 cm³/mol. The van der Waals surface area contributed by atoms with Gasteiger partial charge in [-0.15, -0.1) is 0 Å². The lowest BCUT2D eigenvalue weighted by Crippen LogP contribution is -2.72. The molecule has 3 aliphatic carbocycles. The molecule has 5 atom stereocenters. The summed E-state index contributed by atoms with van der Waals surface area (Å²) in [5.74, 6) is 0.404. The third-order valence-corrected chi connectivity index (χ3v) is 15.9. The molecule has 48 heavy (non-hydrogen) atoms. The topological polar surface area (TPSA) is 54.9 Å². The number of carbonyl (C=O) groups excluding carboxylic acids is 1. The van der Waals surface area contributed by atoms with E-state index in [0.717, 1.165) is 41.6 Å². The molecule has 3 saturated carbocycles. The number of nitrogens with zero attached hydrogens (tertiary/aromatic N) is 3. The predicted octanol–water partition coefficient (Wildman–Crippen LogP) is 10.5. The number of carbonyl (C=O) groups is 1. The normalized spacial score (nSPS) is 39.7. The minimum atomic E-state index is 0.0361. The average molecular weight is 656 g/mol. The Morgan fingerprint density at radius 2 is 1.56 bits per heavy atom. The van der Waals surface area contributed by atoms with Gasteiger partial charge in [0.15, 0.2) is 0 Å². The fraction of sp³-hybridized carbons (Fsp3) is 0.744. The summed E-state index contributed by atoms with van der Waals surface area (Å²) in [6.45, 7) is 21.9. The van der Waals surface area contributed by atoms with Crippen LogP contribution in [0, 0.1) is 21.7 Å². The minimum Gasteiger partial charge on any atom is -0.351 e. The number of fused-ring (bicyclic) bond motifs is 7. The highest BCUT2D eigenvalue weighted by atomic mass is 16.1. The number of quaternary nitrogens is 1. The Hall–Kier alpha value is -2.27. The first-order chi connectivity index (χ1) is 22.5. The molecule has 2 aromatic heterocycles. The van der Waals surface area contributed by atoms with Crippen LogP contribution in [0.4, 0.5) is 0 Å². The van der Waals surface area contributed by atoms with Crippen LogP contribution in [0.25, 0.3) is 11.1 Å². The van der Waals surface area contributed by atoms with Crippen molar-refractivity contribution in [2.24, 2.45) is 21.7 Å². The molecule has 0 aromatic carbocycles. The third kappa shape index (κ3) is 6.17. The Morgan fingerprint density at radius 3 is 2.25 bits per heavy atom. The Morgan fingerprint density at radius 1 is 0.875 bits per heavy atom. The van der Waals surface area contributed by atoms with Crippen molar-refractivity contribution >= 4 is 5.91 Å². The van der Waals surface area contributed by atoms with Crippen LogP contribution < -0.4 is 5.32 Å². The Kier molecular flexibility index (Phi) is 9.26. The van der Waals surface area contributed by atoms with Gasteiger partial charge in [-0.1, -0.05) is 40.7 Å². The number of hydrogen-bond acceptors (Lipinski definition) is 3. The van der Waals surface area contributed by atoms with Crippen molar-refractivity contribution in [3.8, 4) is 11.1 Å². The van der Waals surface area contributed by atoms with E-state index in [1.807, 2.05) is 18.5 Å². The Bertz CT molecular complexity index is 1480. The number of nitrogens with one attached hydrogen (secondary N) is 1. The number of pyridine rings is 2. The molecule has 0 radical (unpaired) electrons. The molecule has 1 amide bonds. The summed E-state index contributed by atoms with van der Waals surface area (Å²) >= 11 is 0. The quantitative estimate of drug-likeness (QED) is 0.315. The second kappa shape index (κ2) is 12.5. The zero-order valence-corrected chi connectivity index (χ0v) is 32.1. The molecule has 2 aromatic rings. The van der Waals surface area contributed by atoms with E-state index in [0.29, 0.717) is 34.2 Å². The SMILES string of the molecule is CC[N+]1(C)C2(C)CCCC(c3cc(C(=O)NCC4(C)CCC5(C)CC(C)(C5)C(C)(C)CC4)c(-c4cccnc4)cn3)CCC1(C)CCC2. The first kappa shape index (κ1) is 35.6. The molecule has 1 N–H and O–H groups in total. The van der Waals surface area contributed by atoms with Gasteiger partial charge in [0, 0.05) is 73.6 Å². The number of rotatable bonds is 6. The zero-order valence-electron chi connectivity index (χ0n) is 32.1. The van der Waals surface area contributed by atoms with Gasteiger partial charge in [-0.3, -0.25) is 14.8 Å². The molecule has 5 fully saturated rings. The van der Waals surface area contributed by atoms with Gasteiger partial charge < -0.3 is 9.80 Å². The zero-order chi connectivity index (χ0) is 34.6. The minimum absolute atomic E-state index is 0.0361. The van der Waals surface area contributed by atoms with Gasteiger partial charge in [-0.25, -0.2) is 0 Å². The molecule has 264 valence electrons. The van der Waals surface area contributed by atoms with Crippen molar-refractivity contribution in [3.63, 3.8) is 0 Å². The van der Waals surface area contributed by atoms with Gasteiger partial charge in [-0.2, -0.15) is 0 Å². The Balaban J connectivity index is 1.26. The summed E-state index contributed by atoms with van der Waals surface area (Å²) in [6.07, 6.45) is 23.0.